The molecule has 0 radical (unpaired) electrons. The van der Waals surface area contributed by atoms with Gasteiger partial charge >= 0.3 is 0 Å². The second kappa shape index (κ2) is 6.39. The van der Waals surface area contributed by atoms with Crippen LogP contribution in [0.3, 0.4) is 0 Å². The normalized spacial score (nSPS) is 10.5. The summed E-state index contributed by atoms with van der Waals surface area (Å²) in [6.07, 6.45) is 0. The van der Waals surface area contributed by atoms with Crippen LogP contribution in [0.15, 0.2) is 52.7 Å². The fourth-order valence-corrected chi connectivity index (χ4v) is 3.69. The Hall–Kier alpha value is 0.640. The third-order valence-electron chi connectivity index (χ3n) is 2.13. The topological polar surface area (TPSA) is 9.23 Å². The Kier molecular flexibility index (Phi) is 5.34. The highest BCUT2D eigenvalue weighted by molar-refractivity contribution is 9.15. The molecule has 0 spiro atoms. The molecule has 0 atom stereocenters. The third kappa shape index (κ3) is 3.20. The molecule has 1 nitrogen and oxygen atoms in total. The Morgan fingerprint density at radius 1 is 0.667 bits per heavy atom. The maximum Gasteiger partial charge on any atom is 0.144 e. The van der Waals surface area contributed by atoms with Crippen molar-refractivity contribution in [3.05, 3.63) is 52.7 Å². The summed E-state index contributed by atoms with van der Waals surface area (Å²) in [5.74, 6) is 1.49. The number of para-hydroxylation sites is 1. The van der Waals surface area contributed by atoms with E-state index in [0.29, 0.717) is 0 Å². The van der Waals surface area contributed by atoms with Gasteiger partial charge in [-0.3, -0.25) is 0 Å². The Bertz CT molecular complexity index is 597. The Morgan fingerprint density at radius 2 is 1.33 bits per heavy atom. The summed E-state index contributed by atoms with van der Waals surface area (Å²) in [7, 11) is 0. The Morgan fingerprint density at radius 3 is 2.00 bits per heavy atom. The maximum atomic E-state index is 5.88. The second-order valence-corrected chi connectivity index (χ2v) is 7.42. The highest BCUT2D eigenvalue weighted by Gasteiger charge is 2.14. The van der Waals surface area contributed by atoms with Crippen LogP contribution in [-0.4, -0.2) is 0 Å². The minimum absolute atomic E-state index is 0.726. The first-order chi connectivity index (χ1) is 8.50. The number of hydrogen-bond acceptors (Lipinski definition) is 1. The van der Waals surface area contributed by atoms with Gasteiger partial charge < -0.3 is 4.74 Å². The Balaban J connectivity index is 2.45. The summed E-state index contributed by atoms with van der Waals surface area (Å²) in [6.45, 7) is 0. The van der Waals surface area contributed by atoms with Gasteiger partial charge in [-0.25, -0.2) is 0 Å². The van der Waals surface area contributed by atoms with Gasteiger partial charge in [0.15, 0.2) is 0 Å². The van der Waals surface area contributed by atoms with E-state index in [1.54, 1.807) is 0 Å². The quantitative estimate of drug-likeness (QED) is 0.275. The summed E-state index contributed by atoms with van der Waals surface area (Å²) < 4.78 is 10.4. The summed E-state index contributed by atoms with van der Waals surface area (Å²) in [6, 6.07) is 9.61. The van der Waals surface area contributed by atoms with Crippen LogP contribution in [0.1, 0.15) is 0 Å². The van der Waals surface area contributed by atoms with Gasteiger partial charge in [-0.15, -0.1) is 0 Å². The number of hydrogen-bond donors (Lipinski definition) is 0. The van der Waals surface area contributed by atoms with Crippen LogP contribution < -0.4 is 4.74 Å². The van der Waals surface area contributed by atoms with Crippen molar-refractivity contribution in [1.82, 2.24) is 0 Å². The van der Waals surface area contributed by atoms with Gasteiger partial charge in [-0.1, -0.05) is 12.1 Å². The highest BCUT2D eigenvalue weighted by Crippen LogP contribution is 2.44. The average molecular weight is 565 g/mol. The lowest BCUT2D eigenvalue weighted by atomic mass is 10.3. The zero-order valence-corrected chi connectivity index (χ0v) is 16.6. The van der Waals surface area contributed by atoms with Gasteiger partial charge in [0.2, 0.25) is 0 Å². The smallest absolute Gasteiger partial charge is 0.144 e. The average Bonchev–Trinajstić information content (AvgIpc) is 2.36. The van der Waals surface area contributed by atoms with Gasteiger partial charge in [0, 0.05) is 8.95 Å². The van der Waals surface area contributed by atoms with E-state index in [0.717, 1.165) is 33.9 Å². The van der Waals surface area contributed by atoms with Crippen LogP contribution in [0.4, 0.5) is 0 Å². The van der Waals surface area contributed by atoms with E-state index in [2.05, 4.69) is 79.6 Å². The maximum absolute atomic E-state index is 5.88. The summed E-state index contributed by atoms with van der Waals surface area (Å²) in [5, 5.41) is 0. The van der Waals surface area contributed by atoms with Crippen LogP contribution in [0.25, 0.3) is 0 Å². The van der Waals surface area contributed by atoms with Crippen molar-refractivity contribution >= 4 is 79.6 Å². The minimum Gasteiger partial charge on any atom is -0.455 e. The van der Waals surface area contributed by atoms with E-state index in [-0.39, 0.29) is 0 Å². The number of halogens is 5. The van der Waals surface area contributed by atoms with Crippen molar-refractivity contribution in [3.63, 3.8) is 0 Å². The molecule has 0 saturated heterocycles. The molecule has 94 valence electrons. The second-order valence-electron chi connectivity index (χ2n) is 3.33. The Labute approximate surface area is 147 Å². The fourth-order valence-electron chi connectivity index (χ4n) is 1.27. The molecule has 0 aliphatic rings. The zero-order chi connectivity index (χ0) is 13.3. The van der Waals surface area contributed by atoms with Crippen molar-refractivity contribution in [1.29, 1.82) is 0 Å². The van der Waals surface area contributed by atoms with Gasteiger partial charge in [-0.2, -0.15) is 0 Å². The lowest BCUT2D eigenvalue weighted by molar-refractivity contribution is 0.475. The zero-order valence-electron chi connectivity index (χ0n) is 8.68. The molecule has 0 amide bonds. The van der Waals surface area contributed by atoms with Crippen molar-refractivity contribution in [2.75, 3.05) is 0 Å². The van der Waals surface area contributed by atoms with E-state index < -0.39 is 0 Å². The van der Waals surface area contributed by atoms with E-state index in [1.165, 1.54) is 0 Å². The predicted molar refractivity (Wildman–Crippen MR) is 91.5 cm³/mol. The van der Waals surface area contributed by atoms with E-state index in [1.807, 2.05) is 30.3 Å². The molecular formula is C12H5Br5O. The molecule has 2 rings (SSSR count). The first kappa shape index (κ1) is 15.0. The lowest BCUT2D eigenvalue weighted by Gasteiger charge is -2.12. The van der Waals surface area contributed by atoms with E-state index in [4.69, 9.17) is 4.74 Å². The highest BCUT2D eigenvalue weighted by atomic mass is 79.9. The molecule has 0 N–H and O–H groups in total. The lowest BCUT2D eigenvalue weighted by Crippen LogP contribution is -1.88. The summed E-state index contributed by atoms with van der Waals surface area (Å²) in [4.78, 5) is 0. The first-order valence-corrected chi connectivity index (χ1v) is 8.72. The number of ether oxygens (including phenoxy) is 1. The first-order valence-electron chi connectivity index (χ1n) is 4.76. The molecule has 0 heterocycles. The molecular weight excluding hydrogens is 560 g/mol. The summed E-state index contributed by atoms with van der Waals surface area (Å²) in [5.41, 5.74) is 0. The summed E-state index contributed by atoms with van der Waals surface area (Å²) >= 11 is 17.4. The fraction of sp³-hybridized carbons (Fsp3) is 0. The molecule has 18 heavy (non-hydrogen) atoms. The minimum atomic E-state index is 0.726. The van der Waals surface area contributed by atoms with Crippen molar-refractivity contribution in [2.45, 2.75) is 0 Å². The van der Waals surface area contributed by atoms with Crippen LogP contribution in [0.2, 0.25) is 0 Å². The molecule has 0 saturated carbocycles. The molecule has 2 aromatic carbocycles. The van der Waals surface area contributed by atoms with Crippen LogP contribution in [0, 0.1) is 0 Å². The van der Waals surface area contributed by atoms with Crippen molar-refractivity contribution < 1.29 is 4.74 Å². The van der Waals surface area contributed by atoms with Gasteiger partial charge in [0.05, 0.1) is 13.4 Å². The van der Waals surface area contributed by atoms with Crippen LogP contribution >= 0.6 is 79.6 Å². The van der Waals surface area contributed by atoms with Crippen molar-refractivity contribution in [3.8, 4) is 11.5 Å². The third-order valence-corrected chi connectivity index (χ3v) is 7.41. The van der Waals surface area contributed by atoms with Crippen molar-refractivity contribution in [2.24, 2.45) is 0 Å². The molecule has 2 aromatic rings. The largest absolute Gasteiger partial charge is 0.455 e. The molecule has 0 aliphatic carbocycles. The van der Waals surface area contributed by atoms with E-state index in [9.17, 15) is 0 Å². The van der Waals surface area contributed by atoms with Crippen LogP contribution in [-0.2, 0) is 0 Å². The molecule has 6 heteroatoms. The standard InChI is InChI=1S/C12H5Br5O/c13-6-3-1-2-4-8(6)18-9-5-7(14)10(15)12(17)11(9)16/h1-5H. The number of rotatable bonds is 2. The molecule has 0 aliphatic heterocycles. The molecule has 0 aromatic heterocycles. The van der Waals surface area contributed by atoms with Gasteiger partial charge in [-0.05, 0) is 97.8 Å². The SMILES string of the molecule is Brc1ccccc1Oc1cc(Br)c(Br)c(Br)c1Br. The predicted octanol–water partition coefficient (Wildman–Crippen LogP) is 7.29. The molecule has 0 unspecified atom stereocenters. The number of benzene rings is 2. The van der Waals surface area contributed by atoms with Gasteiger partial charge in [0.25, 0.3) is 0 Å². The molecule has 0 fully saturated rings. The van der Waals surface area contributed by atoms with E-state index >= 15 is 0 Å². The van der Waals surface area contributed by atoms with Gasteiger partial charge in [0.1, 0.15) is 11.5 Å². The monoisotopic (exact) mass is 560 g/mol. The molecule has 0 bridgehead atoms. The van der Waals surface area contributed by atoms with Crippen LogP contribution in [0.5, 0.6) is 11.5 Å².